The van der Waals surface area contributed by atoms with Crippen LogP contribution < -0.4 is 16.4 Å². The summed E-state index contributed by atoms with van der Waals surface area (Å²) < 4.78 is 19.2. The standard InChI is InChI=1S/C24H27B3O3/c1-16-10-7-13-22(19(16)4)25-28-26(23-14-8-11-17(2)20(23)5)30-27(29-25)24-15-9-12-18(3)21(24)6/h7-15H,1-6H3. The van der Waals surface area contributed by atoms with Crippen LogP contribution in [0.4, 0.5) is 0 Å². The molecule has 0 aromatic heterocycles. The molecule has 1 aliphatic heterocycles. The summed E-state index contributed by atoms with van der Waals surface area (Å²) in [5, 5.41) is 0. The lowest BCUT2D eigenvalue weighted by atomic mass is 9.59. The fraction of sp³-hybridized carbons (Fsp3) is 0.250. The molecule has 1 fully saturated rings. The fourth-order valence-corrected chi connectivity index (χ4v) is 3.96. The summed E-state index contributed by atoms with van der Waals surface area (Å²) in [4.78, 5) is 0. The smallest absolute Gasteiger partial charge is 0.445 e. The average molecular weight is 396 g/mol. The SMILES string of the molecule is Cc1cccc(B2OB(c3cccc(C)c3C)OB(c3cccc(C)c3C)O2)c1C. The van der Waals surface area contributed by atoms with E-state index in [2.05, 4.69) is 96.1 Å². The summed E-state index contributed by atoms with van der Waals surface area (Å²) >= 11 is 0. The van der Waals surface area contributed by atoms with Gasteiger partial charge in [-0.15, -0.1) is 0 Å². The summed E-state index contributed by atoms with van der Waals surface area (Å²) in [5.74, 6) is 0. The molecule has 3 aromatic carbocycles. The zero-order valence-corrected chi connectivity index (χ0v) is 18.7. The predicted molar refractivity (Wildman–Crippen MR) is 127 cm³/mol. The first-order chi connectivity index (χ1) is 14.4. The number of aryl methyl sites for hydroxylation is 3. The number of rotatable bonds is 3. The molecule has 0 unspecified atom stereocenters. The summed E-state index contributed by atoms with van der Waals surface area (Å²) in [5.41, 5.74) is 10.3. The van der Waals surface area contributed by atoms with Gasteiger partial charge in [0.2, 0.25) is 0 Å². The largest absolute Gasteiger partial charge is 0.467 e. The van der Waals surface area contributed by atoms with Gasteiger partial charge in [-0.2, -0.15) is 0 Å². The van der Waals surface area contributed by atoms with E-state index in [4.69, 9.17) is 13.7 Å². The lowest BCUT2D eigenvalue weighted by molar-refractivity contribution is 0.308. The van der Waals surface area contributed by atoms with Gasteiger partial charge in [0.05, 0.1) is 0 Å². The second-order valence-corrected chi connectivity index (χ2v) is 8.27. The van der Waals surface area contributed by atoms with Gasteiger partial charge < -0.3 is 13.7 Å². The predicted octanol–water partition coefficient (Wildman–Crippen LogP) is 3.09. The van der Waals surface area contributed by atoms with E-state index in [1.807, 2.05) is 0 Å². The van der Waals surface area contributed by atoms with Crippen molar-refractivity contribution < 1.29 is 13.7 Å². The van der Waals surface area contributed by atoms with E-state index in [9.17, 15) is 0 Å². The van der Waals surface area contributed by atoms with Gasteiger partial charge in [-0.25, -0.2) is 0 Å². The summed E-state index contributed by atoms with van der Waals surface area (Å²) in [6, 6.07) is 18.8. The molecule has 0 N–H and O–H groups in total. The van der Waals surface area contributed by atoms with E-state index < -0.39 is 21.4 Å². The van der Waals surface area contributed by atoms with Gasteiger partial charge in [0.25, 0.3) is 0 Å². The molecule has 0 spiro atoms. The van der Waals surface area contributed by atoms with Crippen LogP contribution in [0.25, 0.3) is 0 Å². The topological polar surface area (TPSA) is 27.7 Å². The first-order valence-corrected chi connectivity index (χ1v) is 10.5. The first kappa shape index (κ1) is 21.0. The molecule has 0 atom stereocenters. The van der Waals surface area contributed by atoms with Crippen molar-refractivity contribution >= 4 is 37.7 Å². The Morgan fingerprint density at radius 1 is 0.433 bits per heavy atom. The van der Waals surface area contributed by atoms with Crippen molar-refractivity contribution in [1.82, 2.24) is 0 Å². The van der Waals surface area contributed by atoms with Crippen molar-refractivity contribution in [1.29, 1.82) is 0 Å². The quantitative estimate of drug-likeness (QED) is 0.638. The van der Waals surface area contributed by atoms with Gasteiger partial charge in [-0.3, -0.25) is 0 Å². The molecule has 0 bridgehead atoms. The molecule has 3 aromatic rings. The highest BCUT2D eigenvalue weighted by atomic mass is 16.7. The molecule has 3 nitrogen and oxygen atoms in total. The fourth-order valence-electron chi connectivity index (χ4n) is 3.96. The lowest BCUT2D eigenvalue weighted by Crippen LogP contribution is -2.62. The Bertz CT molecular complexity index is 941. The minimum Gasteiger partial charge on any atom is -0.445 e. The molecule has 4 rings (SSSR count). The highest BCUT2D eigenvalue weighted by molar-refractivity contribution is 6.87. The highest BCUT2D eigenvalue weighted by Crippen LogP contribution is 2.16. The Kier molecular flexibility index (Phi) is 5.92. The van der Waals surface area contributed by atoms with Crippen LogP contribution in [0.3, 0.4) is 0 Å². The van der Waals surface area contributed by atoms with E-state index in [0.29, 0.717) is 0 Å². The Balaban J connectivity index is 1.79. The highest BCUT2D eigenvalue weighted by Gasteiger charge is 2.45. The van der Waals surface area contributed by atoms with E-state index >= 15 is 0 Å². The van der Waals surface area contributed by atoms with Crippen molar-refractivity contribution in [3.63, 3.8) is 0 Å². The molecule has 150 valence electrons. The Labute approximate surface area is 181 Å². The third-order valence-corrected chi connectivity index (χ3v) is 6.44. The second kappa shape index (κ2) is 8.46. The minimum absolute atomic E-state index is 0.506. The molecular formula is C24H27B3O3. The normalized spacial score (nSPS) is 14.4. The molecule has 0 aliphatic carbocycles. The van der Waals surface area contributed by atoms with Crippen LogP contribution >= 0.6 is 0 Å². The van der Waals surface area contributed by atoms with Gasteiger partial charge in [0, 0.05) is 0 Å². The maximum absolute atomic E-state index is 6.41. The first-order valence-electron chi connectivity index (χ1n) is 10.5. The van der Waals surface area contributed by atoms with Crippen LogP contribution in [0.2, 0.25) is 0 Å². The van der Waals surface area contributed by atoms with Crippen molar-refractivity contribution in [2.75, 3.05) is 0 Å². The summed E-state index contributed by atoms with van der Waals surface area (Å²) in [7, 11) is -1.52. The van der Waals surface area contributed by atoms with E-state index in [-0.39, 0.29) is 0 Å². The van der Waals surface area contributed by atoms with Gasteiger partial charge >= 0.3 is 21.4 Å². The van der Waals surface area contributed by atoms with E-state index in [0.717, 1.165) is 16.4 Å². The van der Waals surface area contributed by atoms with Crippen molar-refractivity contribution in [3.05, 3.63) is 88.0 Å². The number of hydrogen-bond acceptors (Lipinski definition) is 3. The van der Waals surface area contributed by atoms with Gasteiger partial charge in [-0.1, -0.05) is 54.6 Å². The van der Waals surface area contributed by atoms with Gasteiger partial charge in [0.1, 0.15) is 0 Å². The van der Waals surface area contributed by atoms with Crippen LogP contribution in [-0.2, 0) is 13.7 Å². The monoisotopic (exact) mass is 396 g/mol. The van der Waals surface area contributed by atoms with Crippen molar-refractivity contribution in [2.45, 2.75) is 41.5 Å². The summed E-state index contributed by atoms with van der Waals surface area (Å²) in [6.07, 6.45) is 0. The van der Waals surface area contributed by atoms with Crippen molar-refractivity contribution in [3.8, 4) is 0 Å². The zero-order valence-electron chi connectivity index (χ0n) is 18.7. The zero-order chi connectivity index (χ0) is 21.4. The van der Waals surface area contributed by atoms with E-state index in [1.165, 1.54) is 33.4 Å². The molecule has 1 heterocycles. The molecular weight excluding hydrogens is 369 g/mol. The maximum Gasteiger partial charge on any atom is 0.467 e. The van der Waals surface area contributed by atoms with E-state index in [1.54, 1.807) is 0 Å². The van der Waals surface area contributed by atoms with Crippen LogP contribution in [0.1, 0.15) is 33.4 Å². The molecule has 0 saturated carbocycles. The average Bonchev–Trinajstić information content (AvgIpc) is 2.73. The molecule has 0 radical (unpaired) electrons. The Hall–Kier alpha value is -2.27. The van der Waals surface area contributed by atoms with Gasteiger partial charge in [0.15, 0.2) is 0 Å². The van der Waals surface area contributed by atoms with Gasteiger partial charge in [-0.05, 0) is 91.3 Å². The second-order valence-electron chi connectivity index (χ2n) is 8.27. The number of hydrogen-bond donors (Lipinski definition) is 0. The minimum atomic E-state index is -0.506. The molecule has 30 heavy (non-hydrogen) atoms. The Morgan fingerprint density at radius 2 is 0.700 bits per heavy atom. The molecule has 1 aliphatic rings. The summed E-state index contributed by atoms with van der Waals surface area (Å²) in [6.45, 7) is 12.7. The van der Waals surface area contributed by atoms with Crippen molar-refractivity contribution in [2.24, 2.45) is 0 Å². The lowest BCUT2D eigenvalue weighted by Gasteiger charge is -2.33. The van der Waals surface area contributed by atoms with Crippen LogP contribution in [-0.4, -0.2) is 21.4 Å². The third-order valence-electron chi connectivity index (χ3n) is 6.44. The van der Waals surface area contributed by atoms with Crippen LogP contribution in [0.5, 0.6) is 0 Å². The Morgan fingerprint density at radius 3 is 0.967 bits per heavy atom. The number of benzene rings is 3. The molecule has 1 saturated heterocycles. The maximum atomic E-state index is 6.41. The molecule has 6 heteroatoms. The van der Waals surface area contributed by atoms with Crippen LogP contribution in [0.15, 0.2) is 54.6 Å². The molecule has 0 amide bonds. The third kappa shape index (κ3) is 3.88. The van der Waals surface area contributed by atoms with Crippen LogP contribution in [0, 0.1) is 41.5 Å².